The SMILES string of the molecule is O=C(/C=C/c1ccco1)N1CCSC(c2ccccc2Cl)CC1. The summed E-state index contributed by atoms with van der Waals surface area (Å²) in [6.07, 6.45) is 5.81. The van der Waals surface area contributed by atoms with Crippen molar-refractivity contribution in [2.24, 2.45) is 0 Å². The molecule has 1 saturated heterocycles. The minimum atomic E-state index is 0.0295. The Morgan fingerprint density at radius 3 is 2.91 bits per heavy atom. The van der Waals surface area contributed by atoms with E-state index in [0.29, 0.717) is 11.0 Å². The summed E-state index contributed by atoms with van der Waals surface area (Å²) in [7, 11) is 0. The molecule has 1 fully saturated rings. The molecule has 1 aliphatic rings. The van der Waals surface area contributed by atoms with Gasteiger partial charge in [0.15, 0.2) is 0 Å². The molecule has 1 aromatic carbocycles. The van der Waals surface area contributed by atoms with Crippen LogP contribution in [0.25, 0.3) is 6.08 Å². The van der Waals surface area contributed by atoms with Crippen LogP contribution in [0.15, 0.2) is 53.2 Å². The summed E-state index contributed by atoms with van der Waals surface area (Å²) >= 11 is 8.17. The van der Waals surface area contributed by atoms with Gasteiger partial charge in [-0.05, 0) is 36.3 Å². The number of thioether (sulfide) groups is 1. The van der Waals surface area contributed by atoms with Crippen molar-refractivity contribution in [2.75, 3.05) is 18.8 Å². The van der Waals surface area contributed by atoms with Gasteiger partial charge in [-0.3, -0.25) is 4.79 Å². The number of nitrogens with zero attached hydrogens (tertiary/aromatic N) is 1. The van der Waals surface area contributed by atoms with Gasteiger partial charge in [-0.2, -0.15) is 11.8 Å². The fourth-order valence-corrected chi connectivity index (χ4v) is 4.22. The van der Waals surface area contributed by atoms with Crippen molar-refractivity contribution in [1.29, 1.82) is 0 Å². The van der Waals surface area contributed by atoms with Crippen LogP contribution < -0.4 is 0 Å². The van der Waals surface area contributed by atoms with Gasteiger partial charge in [0.1, 0.15) is 5.76 Å². The highest BCUT2D eigenvalue weighted by Crippen LogP contribution is 2.37. The van der Waals surface area contributed by atoms with Gasteiger partial charge in [0.05, 0.1) is 6.26 Å². The Balaban J connectivity index is 1.62. The van der Waals surface area contributed by atoms with Crippen LogP contribution in [0.4, 0.5) is 0 Å². The summed E-state index contributed by atoms with van der Waals surface area (Å²) in [6.45, 7) is 1.50. The van der Waals surface area contributed by atoms with Gasteiger partial charge in [-0.1, -0.05) is 29.8 Å². The summed E-state index contributed by atoms with van der Waals surface area (Å²) in [4.78, 5) is 14.2. The van der Waals surface area contributed by atoms with Crippen molar-refractivity contribution >= 4 is 35.3 Å². The Hall–Kier alpha value is -1.65. The lowest BCUT2D eigenvalue weighted by Crippen LogP contribution is -2.31. The number of rotatable bonds is 3. The van der Waals surface area contributed by atoms with Crippen LogP contribution in [0.3, 0.4) is 0 Å². The van der Waals surface area contributed by atoms with E-state index in [2.05, 4.69) is 6.07 Å². The first-order chi connectivity index (χ1) is 11.2. The summed E-state index contributed by atoms with van der Waals surface area (Å²) in [5.41, 5.74) is 1.17. The Kier molecular flexibility index (Phi) is 5.47. The van der Waals surface area contributed by atoms with Crippen molar-refractivity contribution in [3.8, 4) is 0 Å². The van der Waals surface area contributed by atoms with Crippen molar-refractivity contribution in [3.05, 3.63) is 65.1 Å². The number of hydrogen-bond donors (Lipinski definition) is 0. The van der Waals surface area contributed by atoms with Crippen LogP contribution in [0.2, 0.25) is 5.02 Å². The molecule has 0 spiro atoms. The Bertz CT molecular complexity index is 684. The predicted octanol–water partition coefficient (Wildman–Crippen LogP) is 4.65. The quantitative estimate of drug-likeness (QED) is 0.757. The van der Waals surface area contributed by atoms with E-state index in [1.165, 1.54) is 5.56 Å². The maximum absolute atomic E-state index is 12.3. The Labute approximate surface area is 145 Å². The number of furan rings is 1. The van der Waals surface area contributed by atoms with Crippen molar-refractivity contribution in [3.63, 3.8) is 0 Å². The van der Waals surface area contributed by atoms with Gasteiger partial charge in [0.25, 0.3) is 0 Å². The average molecular weight is 348 g/mol. The van der Waals surface area contributed by atoms with Gasteiger partial charge in [0.2, 0.25) is 5.91 Å². The van der Waals surface area contributed by atoms with Crippen LogP contribution in [-0.4, -0.2) is 29.6 Å². The number of benzene rings is 1. The summed E-state index contributed by atoms with van der Waals surface area (Å²) < 4.78 is 5.21. The zero-order chi connectivity index (χ0) is 16.1. The van der Waals surface area contributed by atoms with E-state index in [1.54, 1.807) is 24.5 Å². The van der Waals surface area contributed by atoms with Gasteiger partial charge in [0, 0.05) is 35.2 Å². The standard InChI is InChI=1S/C18H18ClNO2S/c19-16-6-2-1-5-15(16)17-9-10-20(11-13-23-17)18(21)8-7-14-4-3-12-22-14/h1-8,12,17H,9-11,13H2/b8-7+. The second kappa shape index (κ2) is 7.75. The van der Waals surface area contributed by atoms with E-state index in [0.717, 1.165) is 30.3 Å². The fourth-order valence-electron chi connectivity index (χ4n) is 2.62. The summed E-state index contributed by atoms with van der Waals surface area (Å²) in [6, 6.07) is 11.6. The minimum Gasteiger partial charge on any atom is -0.465 e. The van der Waals surface area contributed by atoms with Gasteiger partial charge >= 0.3 is 0 Å². The molecule has 23 heavy (non-hydrogen) atoms. The third-order valence-electron chi connectivity index (χ3n) is 3.84. The number of hydrogen-bond acceptors (Lipinski definition) is 3. The van der Waals surface area contributed by atoms with Crippen molar-refractivity contribution in [1.82, 2.24) is 4.90 Å². The maximum Gasteiger partial charge on any atom is 0.246 e. The van der Waals surface area contributed by atoms with Crippen LogP contribution >= 0.6 is 23.4 Å². The molecule has 0 radical (unpaired) electrons. The molecule has 1 amide bonds. The monoisotopic (exact) mass is 347 g/mol. The average Bonchev–Trinajstić information content (AvgIpc) is 2.96. The topological polar surface area (TPSA) is 33.5 Å². The molecule has 3 nitrogen and oxygen atoms in total. The van der Waals surface area contributed by atoms with Crippen LogP contribution in [0.1, 0.15) is 23.0 Å². The van der Waals surface area contributed by atoms with Gasteiger partial charge in [-0.25, -0.2) is 0 Å². The highest BCUT2D eigenvalue weighted by molar-refractivity contribution is 7.99. The number of carbonyl (C=O) groups excluding carboxylic acids is 1. The summed E-state index contributed by atoms with van der Waals surface area (Å²) in [5.74, 6) is 1.63. The molecule has 0 saturated carbocycles. The zero-order valence-electron chi connectivity index (χ0n) is 12.7. The molecular formula is C18H18ClNO2S. The van der Waals surface area contributed by atoms with E-state index in [4.69, 9.17) is 16.0 Å². The molecule has 0 bridgehead atoms. The lowest BCUT2D eigenvalue weighted by molar-refractivity contribution is -0.125. The van der Waals surface area contributed by atoms with E-state index in [9.17, 15) is 4.79 Å². The molecule has 1 aliphatic heterocycles. The molecule has 0 N–H and O–H groups in total. The Morgan fingerprint density at radius 1 is 1.26 bits per heavy atom. The van der Waals surface area contributed by atoms with Gasteiger partial charge < -0.3 is 9.32 Å². The molecule has 1 unspecified atom stereocenters. The molecule has 5 heteroatoms. The van der Waals surface area contributed by atoms with E-state index < -0.39 is 0 Å². The second-order valence-electron chi connectivity index (χ2n) is 5.34. The second-order valence-corrected chi connectivity index (χ2v) is 7.06. The smallest absolute Gasteiger partial charge is 0.246 e. The summed E-state index contributed by atoms with van der Waals surface area (Å²) in [5, 5.41) is 1.15. The zero-order valence-corrected chi connectivity index (χ0v) is 14.2. The molecular weight excluding hydrogens is 330 g/mol. The van der Waals surface area contributed by atoms with Crippen LogP contribution in [-0.2, 0) is 4.79 Å². The first-order valence-corrected chi connectivity index (χ1v) is 9.03. The first kappa shape index (κ1) is 16.2. The normalized spacial score (nSPS) is 19.0. The molecule has 3 rings (SSSR count). The molecule has 120 valence electrons. The molecule has 0 aliphatic carbocycles. The largest absolute Gasteiger partial charge is 0.465 e. The lowest BCUT2D eigenvalue weighted by atomic mass is 10.1. The number of carbonyl (C=O) groups is 1. The first-order valence-electron chi connectivity index (χ1n) is 7.60. The minimum absolute atomic E-state index is 0.0295. The van der Waals surface area contributed by atoms with E-state index in [1.807, 2.05) is 40.9 Å². The van der Waals surface area contributed by atoms with Crippen molar-refractivity contribution < 1.29 is 9.21 Å². The van der Waals surface area contributed by atoms with E-state index in [-0.39, 0.29) is 5.91 Å². The van der Waals surface area contributed by atoms with Crippen LogP contribution in [0.5, 0.6) is 0 Å². The molecule has 1 aromatic heterocycles. The third-order valence-corrected chi connectivity index (χ3v) is 5.49. The number of amides is 1. The van der Waals surface area contributed by atoms with E-state index >= 15 is 0 Å². The maximum atomic E-state index is 12.3. The molecule has 2 aromatic rings. The highest BCUT2D eigenvalue weighted by Gasteiger charge is 2.22. The highest BCUT2D eigenvalue weighted by atomic mass is 35.5. The lowest BCUT2D eigenvalue weighted by Gasteiger charge is -2.18. The third kappa shape index (κ3) is 4.21. The molecule has 2 heterocycles. The number of halogens is 1. The molecule has 1 atom stereocenters. The van der Waals surface area contributed by atoms with Gasteiger partial charge in [-0.15, -0.1) is 0 Å². The predicted molar refractivity (Wildman–Crippen MR) is 95.6 cm³/mol. The Morgan fingerprint density at radius 2 is 2.13 bits per heavy atom. The fraction of sp³-hybridized carbons (Fsp3) is 0.278. The van der Waals surface area contributed by atoms with Crippen molar-refractivity contribution in [2.45, 2.75) is 11.7 Å². The van der Waals surface area contributed by atoms with Crippen LogP contribution in [0, 0.1) is 0 Å².